The summed E-state index contributed by atoms with van der Waals surface area (Å²) in [5.41, 5.74) is 0.435. The maximum absolute atomic E-state index is 15.2. The van der Waals surface area contributed by atoms with Gasteiger partial charge in [0, 0.05) is 0 Å². The number of unbranched alkanes of at least 4 members (excludes halogenated alkanes) is 4. The number of hydrogen-bond acceptors (Lipinski definition) is 0. The second-order valence-corrected chi connectivity index (χ2v) is 12.7. The fourth-order valence-electron chi connectivity index (χ4n) is 6.95. The lowest BCUT2D eigenvalue weighted by Gasteiger charge is -2.44. The van der Waals surface area contributed by atoms with Crippen molar-refractivity contribution in [1.82, 2.24) is 0 Å². The van der Waals surface area contributed by atoms with Crippen molar-refractivity contribution in [3.63, 3.8) is 0 Å². The molecule has 0 saturated carbocycles. The van der Waals surface area contributed by atoms with E-state index in [2.05, 4.69) is 27.7 Å². The standard InChI is InChI=1S/C24H15BF5.C16H36N/c26-20-19(21(27)23(29)24(30)22(20)28)25(16-10-4-1-5-11-16,17-12-6-2-7-13-17)18-14-8-3-9-15-18;1-5-9-13-17(14-10-6-2,15-11-7-3)16-12-8-4/h1-15H;5-16H2,1-4H3/q-1;+1. The minimum Gasteiger partial charge on any atom is -0.324 e. The average Bonchev–Trinajstić information content (AvgIpc) is 3.12. The quantitative estimate of drug-likeness (QED) is 0.0374. The number of quaternary nitrogens is 1. The van der Waals surface area contributed by atoms with Gasteiger partial charge in [0.1, 0.15) is 17.8 Å². The van der Waals surface area contributed by atoms with Crippen LogP contribution in [0.15, 0.2) is 91.0 Å². The molecule has 0 heterocycles. The summed E-state index contributed by atoms with van der Waals surface area (Å²) in [5, 5.41) is 0. The first kappa shape index (κ1) is 38.0. The molecule has 4 rings (SSSR count). The average molecular weight is 652 g/mol. The summed E-state index contributed by atoms with van der Waals surface area (Å²) >= 11 is 0. The van der Waals surface area contributed by atoms with Crippen molar-refractivity contribution in [1.29, 1.82) is 0 Å². The fourth-order valence-corrected chi connectivity index (χ4v) is 6.95. The van der Waals surface area contributed by atoms with Crippen LogP contribution in [0.2, 0.25) is 0 Å². The maximum atomic E-state index is 15.2. The zero-order valence-electron chi connectivity index (χ0n) is 28.6. The second-order valence-electron chi connectivity index (χ2n) is 12.7. The van der Waals surface area contributed by atoms with Gasteiger partial charge >= 0.3 is 0 Å². The molecule has 47 heavy (non-hydrogen) atoms. The van der Waals surface area contributed by atoms with Gasteiger partial charge in [0.2, 0.25) is 0 Å². The number of halogens is 5. The lowest BCUT2D eigenvalue weighted by molar-refractivity contribution is -0.929. The molecule has 0 radical (unpaired) electrons. The van der Waals surface area contributed by atoms with Crippen molar-refractivity contribution in [3.05, 3.63) is 120 Å². The molecule has 1 nitrogen and oxygen atoms in total. The highest BCUT2D eigenvalue weighted by Crippen LogP contribution is 2.21. The van der Waals surface area contributed by atoms with Crippen LogP contribution >= 0.6 is 0 Å². The van der Waals surface area contributed by atoms with Crippen LogP contribution in [0.5, 0.6) is 0 Å². The van der Waals surface area contributed by atoms with Gasteiger partial charge in [0.25, 0.3) is 0 Å². The van der Waals surface area contributed by atoms with Gasteiger partial charge in [-0.05, 0) is 25.7 Å². The van der Waals surface area contributed by atoms with Gasteiger partial charge in [0.15, 0.2) is 17.5 Å². The zero-order chi connectivity index (χ0) is 34.3. The molecular weight excluding hydrogens is 600 g/mol. The van der Waals surface area contributed by atoms with E-state index in [9.17, 15) is 13.2 Å². The monoisotopic (exact) mass is 651 g/mol. The van der Waals surface area contributed by atoms with Crippen molar-refractivity contribution in [3.8, 4) is 0 Å². The van der Waals surface area contributed by atoms with Gasteiger partial charge < -0.3 is 4.48 Å². The van der Waals surface area contributed by atoms with E-state index in [-0.39, 0.29) is 0 Å². The van der Waals surface area contributed by atoms with Crippen molar-refractivity contribution in [2.45, 2.75) is 79.1 Å². The highest BCUT2D eigenvalue weighted by molar-refractivity contribution is 7.20. The Labute approximate surface area is 279 Å². The summed E-state index contributed by atoms with van der Waals surface area (Å²) in [6.07, 6.45) is 8.35. The number of benzene rings is 4. The van der Waals surface area contributed by atoms with E-state index >= 15 is 8.78 Å². The zero-order valence-corrected chi connectivity index (χ0v) is 28.6. The molecule has 0 atom stereocenters. The van der Waals surface area contributed by atoms with E-state index in [0.29, 0.717) is 16.4 Å². The minimum atomic E-state index is -2.72. The molecule has 0 unspecified atom stereocenters. The molecular formula is C40H51BF5N. The van der Waals surface area contributed by atoms with Gasteiger partial charge in [-0.15, -0.1) is 5.46 Å². The van der Waals surface area contributed by atoms with Crippen molar-refractivity contribution in [2.75, 3.05) is 26.2 Å². The third-order valence-electron chi connectivity index (χ3n) is 9.52. The second kappa shape index (κ2) is 18.8. The third-order valence-corrected chi connectivity index (χ3v) is 9.52. The Balaban J connectivity index is 0.000000303. The van der Waals surface area contributed by atoms with E-state index in [0.717, 1.165) is 0 Å². The molecule has 0 aromatic heterocycles. The maximum Gasteiger partial charge on any atom is 0.200 e. The Morgan fingerprint density at radius 1 is 0.404 bits per heavy atom. The summed E-state index contributed by atoms with van der Waals surface area (Å²) in [4.78, 5) is 0. The molecule has 0 saturated heterocycles. The predicted molar refractivity (Wildman–Crippen MR) is 189 cm³/mol. The van der Waals surface area contributed by atoms with E-state index < -0.39 is 40.7 Å². The van der Waals surface area contributed by atoms with Crippen LogP contribution in [0.4, 0.5) is 22.0 Å². The highest BCUT2D eigenvalue weighted by Gasteiger charge is 2.39. The first-order valence-corrected chi connectivity index (χ1v) is 17.4. The van der Waals surface area contributed by atoms with Crippen LogP contribution < -0.4 is 21.9 Å². The molecule has 4 aromatic rings. The smallest absolute Gasteiger partial charge is 0.200 e. The summed E-state index contributed by atoms with van der Waals surface area (Å²) in [6.45, 7) is 15.0. The largest absolute Gasteiger partial charge is 0.324 e. The Hall–Kier alpha value is -3.45. The predicted octanol–water partition coefficient (Wildman–Crippen LogP) is 8.76. The topological polar surface area (TPSA) is 0 Å². The molecule has 0 aliphatic rings. The molecule has 0 N–H and O–H groups in total. The number of nitrogens with zero attached hydrogens (tertiary/aromatic N) is 1. The first-order chi connectivity index (χ1) is 22.7. The lowest BCUT2D eigenvalue weighted by Crippen LogP contribution is -2.76. The Kier molecular flexibility index (Phi) is 15.2. The molecule has 0 aliphatic carbocycles. The third kappa shape index (κ3) is 8.93. The van der Waals surface area contributed by atoms with E-state index in [1.165, 1.54) is 82.0 Å². The SMILES string of the molecule is CCCC[N+](CCCC)(CCCC)CCCC.Fc1c(F)c(F)c([B-](c2ccccc2)(c2ccccc2)c2ccccc2)c(F)c1F. The van der Waals surface area contributed by atoms with Crippen LogP contribution in [0.1, 0.15) is 79.1 Å². The molecule has 7 heteroatoms. The summed E-state index contributed by atoms with van der Waals surface area (Å²) in [5.74, 6) is -9.76. The summed E-state index contributed by atoms with van der Waals surface area (Å²) < 4.78 is 74.4. The molecule has 0 amide bonds. The van der Waals surface area contributed by atoms with Gasteiger partial charge in [-0.1, -0.05) is 144 Å². The molecule has 0 aliphatic heterocycles. The normalized spacial score (nSPS) is 11.7. The molecule has 0 spiro atoms. The van der Waals surface area contributed by atoms with Crippen molar-refractivity contribution >= 4 is 28.0 Å². The molecule has 254 valence electrons. The summed E-state index contributed by atoms with van der Waals surface area (Å²) in [6, 6.07) is 25.0. The van der Waals surface area contributed by atoms with E-state index in [1.807, 2.05) is 0 Å². The van der Waals surface area contributed by atoms with Gasteiger partial charge in [-0.25, -0.2) is 22.0 Å². The number of rotatable bonds is 16. The van der Waals surface area contributed by atoms with Crippen LogP contribution in [0.3, 0.4) is 0 Å². The molecule has 0 bridgehead atoms. The highest BCUT2D eigenvalue weighted by atomic mass is 19.2. The Bertz CT molecular complexity index is 1320. The van der Waals surface area contributed by atoms with E-state index in [1.54, 1.807) is 91.0 Å². The fraction of sp³-hybridized carbons (Fsp3) is 0.400. The summed E-state index contributed by atoms with van der Waals surface area (Å²) in [7, 11) is 0. The van der Waals surface area contributed by atoms with Crippen LogP contribution in [0.25, 0.3) is 0 Å². The molecule has 4 aromatic carbocycles. The van der Waals surface area contributed by atoms with Crippen molar-refractivity contribution < 1.29 is 26.4 Å². The van der Waals surface area contributed by atoms with Crippen LogP contribution in [-0.4, -0.2) is 36.8 Å². The van der Waals surface area contributed by atoms with Crippen LogP contribution in [-0.2, 0) is 0 Å². The van der Waals surface area contributed by atoms with Crippen LogP contribution in [0, 0.1) is 29.1 Å². The van der Waals surface area contributed by atoms with E-state index in [4.69, 9.17) is 0 Å². The van der Waals surface area contributed by atoms with Gasteiger partial charge in [-0.3, -0.25) is 0 Å². The minimum absolute atomic E-state index is 0.429. The first-order valence-electron chi connectivity index (χ1n) is 17.4. The van der Waals surface area contributed by atoms with Gasteiger partial charge in [0.05, 0.1) is 26.2 Å². The lowest BCUT2D eigenvalue weighted by atomic mass is 9.13. The Morgan fingerprint density at radius 2 is 0.660 bits per heavy atom. The van der Waals surface area contributed by atoms with Crippen molar-refractivity contribution in [2.24, 2.45) is 0 Å². The molecule has 0 fully saturated rings. The Morgan fingerprint density at radius 3 is 0.915 bits per heavy atom. The number of hydrogen-bond donors (Lipinski definition) is 0. The van der Waals surface area contributed by atoms with Gasteiger partial charge in [-0.2, -0.15) is 16.4 Å².